The van der Waals surface area contributed by atoms with Gasteiger partial charge in [0.1, 0.15) is 12.1 Å². The number of fused-ring (bicyclic) bond motifs is 1. The van der Waals surface area contributed by atoms with E-state index < -0.39 is 24.3 Å². The Morgan fingerprint density at radius 2 is 1.80 bits per heavy atom. The Hall–Kier alpha value is -1.67. The van der Waals surface area contributed by atoms with Crippen molar-refractivity contribution in [3.63, 3.8) is 0 Å². The van der Waals surface area contributed by atoms with Gasteiger partial charge < -0.3 is 18.9 Å². The van der Waals surface area contributed by atoms with Crippen molar-refractivity contribution in [1.82, 2.24) is 5.06 Å². The van der Waals surface area contributed by atoms with Gasteiger partial charge >= 0.3 is 6.16 Å². The second-order valence-corrected chi connectivity index (χ2v) is 7.17. The van der Waals surface area contributed by atoms with Gasteiger partial charge in [-0.25, -0.2) is 9.63 Å². The summed E-state index contributed by atoms with van der Waals surface area (Å²) >= 11 is 0. The van der Waals surface area contributed by atoms with Crippen LogP contribution in [0.2, 0.25) is 0 Å². The van der Waals surface area contributed by atoms with E-state index in [1.165, 1.54) is 0 Å². The van der Waals surface area contributed by atoms with Gasteiger partial charge in [0.05, 0.1) is 12.1 Å². The number of benzene rings is 1. The van der Waals surface area contributed by atoms with Gasteiger partial charge in [0.2, 0.25) is 0 Å². The zero-order chi connectivity index (χ0) is 17.8. The fourth-order valence-electron chi connectivity index (χ4n) is 3.88. The molecule has 0 unspecified atom stereocenters. The maximum Gasteiger partial charge on any atom is 0.511 e. The molecule has 0 aromatic heterocycles. The molecule has 1 aromatic carbocycles. The summed E-state index contributed by atoms with van der Waals surface area (Å²) in [6, 6.07) is 9.60. The quantitative estimate of drug-likeness (QED) is 0.777. The van der Waals surface area contributed by atoms with Crippen LogP contribution in [0.15, 0.2) is 30.3 Å². The Balaban J connectivity index is 1.65. The summed E-state index contributed by atoms with van der Waals surface area (Å²) in [5.74, 6) is -0.701. The van der Waals surface area contributed by atoms with Crippen molar-refractivity contribution in [2.75, 3.05) is 0 Å². The summed E-state index contributed by atoms with van der Waals surface area (Å²) in [4.78, 5) is 17.5. The Morgan fingerprint density at radius 3 is 2.44 bits per heavy atom. The molecule has 7 nitrogen and oxygen atoms in total. The molecule has 0 saturated carbocycles. The van der Waals surface area contributed by atoms with E-state index in [9.17, 15) is 4.79 Å². The minimum Gasteiger partial charge on any atom is -0.422 e. The van der Waals surface area contributed by atoms with Crippen molar-refractivity contribution < 1.29 is 28.6 Å². The highest BCUT2D eigenvalue weighted by Crippen LogP contribution is 2.42. The van der Waals surface area contributed by atoms with Crippen molar-refractivity contribution >= 4 is 6.16 Å². The van der Waals surface area contributed by atoms with Gasteiger partial charge in [-0.15, -0.1) is 0 Å². The van der Waals surface area contributed by atoms with Gasteiger partial charge in [-0.2, -0.15) is 5.06 Å². The van der Waals surface area contributed by atoms with Crippen molar-refractivity contribution in [2.45, 2.75) is 70.2 Å². The molecule has 0 aliphatic carbocycles. The monoisotopic (exact) mass is 349 g/mol. The third kappa shape index (κ3) is 2.91. The van der Waals surface area contributed by atoms with Gasteiger partial charge in [0, 0.05) is 0 Å². The molecule has 0 amide bonds. The molecule has 3 aliphatic heterocycles. The lowest BCUT2D eigenvalue weighted by atomic mass is 9.98. The number of hydrogen-bond acceptors (Lipinski definition) is 7. The number of rotatable bonds is 3. The van der Waals surface area contributed by atoms with E-state index in [1.54, 1.807) is 0 Å². The Kier molecular flexibility index (Phi) is 3.99. The zero-order valence-electron chi connectivity index (χ0n) is 14.7. The van der Waals surface area contributed by atoms with E-state index in [2.05, 4.69) is 0 Å². The smallest absolute Gasteiger partial charge is 0.422 e. The van der Waals surface area contributed by atoms with E-state index in [1.807, 2.05) is 63.1 Å². The molecule has 3 heterocycles. The van der Waals surface area contributed by atoms with Crippen LogP contribution < -0.4 is 0 Å². The summed E-state index contributed by atoms with van der Waals surface area (Å²) in [5.41, 5.74) is 1.09. The van der Waals surface area contributed by atoms with E-state index >= 15 is 0 Å². The highest BCUT2D eigenvalue weighted by Gasteiger charge is 2.60. The van der Waals surface area contributed by atoms with E-state index in [-0.39, 0.29) is 24.3 Å². The number of hydroxylamine groups is 2. The number of carbonyl (C=O) groups is 1. The summed E-state index contributed by atoms with van der Waals surface area (Å²) in [5, 5.41) is 1.82. The summed E-state index contributed by atoms with van der Waals surface area (Å²) in [6.45, 7) is 7.74. The van der Waals surface area contributed by atoms with Crippen LogP contribution in [0.4, 0.5) is 4.79 Å². The standard InChI is InChI=1S/C18H23NO6/c1-10(12-8-6-5-7-9-12)19-13(14-11(2)23-18(3,4)24-14)15-16(25-19)22-17(20)21-15/h5-11,13-16H,1-4H3/t10-,11+,13-,14-,15-,16+/m1/s1. The summed E-state index contributed by atoms with van der Waals surface area (Å²) < 4.78 is 22.5. The van der Waals surface area contributed by atoms with Crippen LogP contribution >= 0.6 is 0 Å². The maximum atomic E-state index is 11.6. The number of hydrogen-bond donors (Lipinski definition) is 0. The van der Waals surface area contributed by atoms with Crippen LogP contribution in [0.25, 0.3) is 0 Å². The minimum atomic E-state index is -0.761. The van der Waals surface area contributed by atoms with Crippen LogP contribution in [0.3, 0.4) is 0 Å². The Morgan fingerprint density at radius 1 is 1.08 bits per heavy atom. The molecule has 25 heavy (non-hydrogen) atoms. The largest absolute Gasteiger partial charge is 0.511 e. The second-order valence-electron chi connectivity index (χ2n) is 7.17. The lowest BCUT2D eigenvalue weighted by Crippen LogP contribution is -2.49. The number of nitrogens with zero attached hydrogens (tertiary/aromatic N) is 1. The molecule has 1 aromatic rings. The van der Waals surface area contributed by atoms with Gasteiger partial charge in [0.15, 0.2) is 11.9 Å². The number of ether oxygens (including phenoxy) is 4. The van der Waals surface area contributed by atoms with Gasteiger partial charge in [-0.3, -0.25) is 0 Å². The average molecular weight is 349 g/mol. The van der Waals surface area contributed by atoms with Crippen LogP contribution in [0.1, 0.15) is 39.3 Å². The molecular weight excluding hydrogens is 326 g/mol. The molecule has 0 N–H and O–H groups in total. The highest BCUT2D eigenvalue weighted by molar-refractivity contribution is 5.62. The molecule has 0 bridgehead atoms. The average Bonchev–Trinajstić information content (AvgIpc) is 3.16. The minimum absolute atomic E-state index is 0.0707. The molecule has 0 radical (unpaired) electrons. The second kappa shape index (κ2) is 5.95. The molecule has 6 atom stereocenters. The first-order valence-electron chi connectivity index (χ1n) is 8.59. The fraction of sp³-hybridized carbons (Fsp3) is 0.611. The first kappa shape index (κ1) is 16.8. The van der Waals surface area contributed by atoms with Gasteiger partial charge in [-0.1, -0.05) is 30.3 Å². The normalized spacial score (nSPS) is 38.2. The fourth-order valence-corrected chi connectivity index (χ4v) is 3.88. The van der Waals surface area contributed by atoms with Crippen molar-refractivity contribution in [3.05, 3.63) is 35.9 Å². The zero-order valence-corrected chi connectivity index (χ0v) is 14.7. The van der Waals surface area contributed by atoms with Crippen LogP contribution in [-0.2, 0) is 23.8 Å². The summed E-state index contributed by atoms with van der Waals surface area (Å²) in [7, 11) is 0. The predicted octanol–water partition coefficient (Wildman–Crippen LogP) is 2.76. The van der Waals surface area contributed by atoms with E-state index in [0.717, 1.165) is 5.56 Å². The first-order chi connectivity index (χ1) is 11.9. The molecule has 3 fully saturated rings. The third-order valence-corrected chi connectivity index (χ3v) is 4.92. The Labute approximate surface area is 146 Å². The van der Waals surface area contributed by atoms with Crippen molar-refractivity contribution in [1.29, 1.82) is 0 Å². The SMILES string of the molecule is C[C@@H]1OC(C)(C)O[C@H]1[C@@H]1[C@H]2OC(=O)O[C@H]2ON1[C@H](C)c1ccccc1. The first-order valence-corrected chi connectivity index (χ1v) is 8.59. The summed E-state index contributed by atoms with van der Waals surface area (Å²) in [6.07, 6.45) is -2.51. The number of carbonyl (C=O) groups excluding carboxylic acids is 1. The molecule has 136 valence electrons. The van der Waals surface area contributed by atoms with Crippen molar-refractivity contribution in [3.8, 4) is 0 Å². The third-order valence-electron chi connectivity index (χ3n) is 4.92. The lowest BCUT2D eigenvalue weighted by Gasteiger charge is -2.33. The molecule has 0 spiro atoms. The van der Waals surface area contributed by atoms with Crippen LogP contribution in [0, 0.1) is 0 Å². The molecular formula is C18H23NO6. The van der Waals surface area contributed by atoms with E-state index in [0.29, 0.717) is 0 Å². The van der Waals surface area contributed by atoms with E-state index in [4.69, 9.17) is 23.8 Å². The Bertz CT molecular complexity index is 650. The van der Waals surface area contributed by atoms with Gasteiger partial charge in [0.25, 0.3) is 6.29 Å². The van der Waals surface area contributed by atoms with Gasteiger partial charge in [-0.05, 0) is 33.3 Å². The lowest BCUT2D eigenvalue weighted by molar-refractivity contribution is -0.247. The maximum absolute atomic E-state index is 11.6. The molecule has 7 heteroatoms. The van der Waals surface area contributed by atoms with Crippen LogP contribution in [0.5, 0.6) is 0 Å². The molecule has 3 saturated heterocycles. The molecule has 3 aliphatic rings. The van der Waals surface area contributed by atoms with Crippen molar-refractivity contribution in [2.24, 2.45) is 0 Å². The molecule has 4 rings (SSSR count). The predicted molar refractivity (Wildman–Crippen MR) is 86.2 cm³/mol. The highest BCUT2D eigenvalue weighted by atomic mass is 16.9. The topological polar surface area (TPSA) is 66.5 Å². The van der Waals surface area contributed by atoms with Crippen LogP contribution in [-0.4, -0.2) is 47.6 Å².